The Morgan fingerprint density at radius 1 is 1.50 bits per heavy atom. The highest BCUT2D eigenvalue weighted by Crippen LogP contribution is 2.34. The predicted octanol–water partition coefficient (Wildman–Crippen LogP) is 2.54. The third-order valence-corrected chi connectivity index (χ3v) is 4.51. The lowest BCUT2D eigenvalue weighted by Gasteiger charge is -2.10. The fourth-order valence-electron chi connectivity index (χ4n) is 2.07. The molecule has 1 unspecified atom stereocenters. The number of anilines is 1. The zero-order valence-electron chi connectivity index (χ0n) is 11.8. The molecule has 0 saturated carbocycles. The second-order valence-electron chi connectivity index (χ2n) is 5.17. The van der Waals surface area contributed by atoms with Gasteiger partial charge < -0.3 is 16.2 Å². The maximum atomic E-state index is 12.2. The highest BCUT2D eigenvalue weighted by molar-refractivity contribution is 7.21. The second kappa shape index (κ2) is 6.24. The summed E-state index contributed by atoms with van der Waals surface area (Å²) in [6.07, 6.45) is 0.682. The van der Waals surface area contributed by atoms with Crippen molar-refractivity contribution in [2.45, 2.75) is 20.3 Å². The summed E-state index contributed by atoms with van der Waals surface area (Å²) in [6.45, 7) is 4.69. The largest absolute Gasteiger partial charge is 0.397 e. The van der Waals surface area contributed by atoms with E-state index in [9.17, 15) is 4.79 Å². The average Bonchev–Trinajstić information content (AvgIpc) is 2.74. The van der Waals surface area contributed by atoms with E-state index in [-0.39, 0.29) is 18.4 Å². The molecule has 0 aliphatic rings. The Morgan fingerprint density at radius 3 is 2.95 bits per heavy atom. The number of amides is 1. The summed E-state index contributed by atoms with van der Waals surface area (Å²) in [4.78, 5) is 12.8. The Balaban J connectivity index is 2.16. The monoisotopic (exact) mass is 292 g/mol. The van der Waals surface area contributed by atoms with Crippen LogP contribution in [-0.4, -0.2) is 24.2 Å². The molecule has 4 N–H and O–H groups in total. The predicted molar refractivity (Wildman–Crippen MR) is 84.2 cm³/mol. The highest BCUT2D eigenvalue weighted by Gasteiger charge is 2.16. The molecule has 1 aromatic carbocycles. The number of carbonyl (C=O) groups is 1. The van der Waals surface area contributed by atoms with Crippen molar-refractivity contribution >= 4 is 33.0 Å². The molecule has 1 atom stereocenters. The molecule has 0 radical (unpaired) electrons. The van der Waals surface area contributed by atoms with Crippen molar-refractivity contribution in [1.29, 1.82) is 0 Å². The molecule has 0 bridgehead atoms. The summed E-state index contributed by atoms with van der Waals surface area (Å²) in [7, 11) is 0. The molecule has 1 aromatic heterocycles. The lowest BCUT2D eigenvalue weighted by atomic mass is 10.1. The van der Waals surface area contributed by atoms with Gasteiger partial charge >= 0.3 is 0 Å². The maximum absolute atomic E-state index is 12.2. The highest BCUT2D eigenvalue weighted by atomic mass is 32.1. The molecule has 5 heteroatoms. The topological polar surface area (TPSA) is 75.3 Å². The molecule has 20 heavy (non-hydrogen) atoms. The first kappa shape index (κ1) is 14.8. The lowest BCUT2D eigenvalue weighted by molar-refractivity contribution is 0.0950. The lowest BCUT2D eigenvalue weighted by Crippen LogP contribution is -2.28. The van der Waals surface area contributed by atoms with E-state index >= 15 is 0 Å². The quantitative estimate of drug-likeness (QED) is 0.792. The van der Waals surface area contributed by atoms with Gasteiger partial charge in [0.15, 0.2) is 0 Å². The minimum atomic E-state index is -0.133. The van der Waals surface area contributed by atoms with Crippen LogP contribution in [0.1, 0.15) is 28.6 Å². The zero-order chi connectivity index (χ0) is 14.7. The van der Waals surface area contributed by atoms with Gasteiger partial charge in [0.25, 0.3) is 5.91 Å². The van der Waals surface area contributed by atoms with Crippen LogP contribution in [0.2, 0.25) is 0 Å². The van der Waals surface area contributed by atoms with Crippen LogP contribution in [-0.2, 0) is 0 Å². The van der Waals surface area contributed by atoms with E-state index in [0.717, 1.165) is 15.6 Å². The van der Waals surface area contributed by atoms with Crippen LogP contribution < -0.4 is 11.1 Å². The van der Waals surface area contributed by atoms with Crippen molar-refractivity contribution < 1.29 is 9.90 Å². The van der Waals surface area contributed by atoms with E-state index in [1.807, 2.05) is 32.0 Å². The summed E-state index contributed by atoms with van der Waals surface area (Å²) in [5.74, 6) is 0.118. The number of hydrogen-bond acceptors (Lipinski definition) is 4. The number of nitrogens with one attached hydrogen (secondary N) is 1. The van der Waals surface area contributed by atoms with Crippen LogP contribution in [0.3, 0.4) is 0 Å². The molecule has 1 heterocycles. The van der Waals surface area contributed by atoms with Gasteiger partial charge in [0, 0.05) is 23.2 Å². The van der Waals surface area contributed by atoms with Crippen LogP contribution >= 0.6 is 11.3 Å². The van der Waals surface area contributed by atoms with Crippen LogP contribution in [0.4, 0.5) is 5.69 Å². The van der Waals surface area contributed by atoms with E-state index in [2.05, 4.69) is 5.32 Å². The van der Waals surface area contributed by atoms with Crippen molar-refractivity contribution in [3.63, 3.8) is 0 Å². The van der Waals surface area contributed by atoms with Gasteiger partial charge in [0.1, 0.15) is 4.88 Å². The van der Waals surface area contributed by atoms with Crippen molar-refractivity contribution in [2.24, 2.45) is 5.92 Å². The van der Waals surface area contributed by atoms with Crippen LogP contribution in [0.5, 0.6) is 0 Å². The Morgan fingerprint density at radius 2 is 2.25 bits per heavy atom. The van der Waals surface area contributed by atoms with Gasteiger partial charge in [0.2, 0.25) is 0 Å². The number of benzene rings is 1. The van der Waals surface area contributed by atoms with Crippen molar-refractivity contribution in [3.8, 4) is 0 Å². The number of hydrogen-bond donors (Lipinski definition) is 3. The SMILES string of the molecule is Cc1ccc2sc(C(=O)NCC(C)CCO)c(N)c2c1. The van der Waals surface area contributed by atoms with Crippen LogP contribution in [0, 0.1) is 12.8 Å². The standard InChI is InChI=1S/C15H20N2O2S/c1-9-3-4-12-11(7-9)13(16)14(20-12)15(19)17-8-10(2)5-6-18/h3-4,7,10,18H,5-6,8,16H2,1-2H3,(H,17,19). The van der Waals surface area contributed by atoms with Crippen molar-refractivity contribution in [2.75, 3.05) is 18.9 Å². The van der Waals surface area contributed by atoms with E-state index in [0.29, 0.717) is 23.5 Å². The van der Waals surface area contributed by atoms with Gasteiger partial charge in [-0.15, -0.1) is 11.3 Å². The Bertz CT molecular complexity index is 622. The first-order chi connectivity index (χ1) is 9.52. The molecule has 0 fully saturated rings. The number of rotatable bonds is 5. The second-order valence-corrected chi connectivity index (χ2v) is 6.22. The van der Waals surface area contributed by atoms with Gasteiger partial charge in [-0.2, -0.15) is 0 Å². The maximum Gasteiger partial charge on any atom is 0.263 e. The van der Waals surface area contributed by atoms with Crippen LogP contribution in [0.15, 0.2) is 18.2 Å². The zero-order valence-corrected chi connectivity index (χ0v) is 12.6. The van der Waals surface area contributed by atoms with Gasteiger partial charge in [-0.1, -0.05) is 18.6 Å². The van der Waals surface area contributed by atoms with Crippen molar-refractivity contribution in [1.82, 2.24) is 5.32 Å². The molecule has 1 amide bonds. The molecule has 2 rings (SSSR count). The Hall–Kier alpha value is -1.59. The summed E-state index contributed by atoms with van der Waals surface area (Å²) in [5, 5.41) is 12.7. The number of aryl methyl sites for hydroxylation is 1. The summed E-state index contributed by atoms with van der Waals surface area (Å²) in [5.41, 5.74) is 7.77. The fourth-order valence-corrected chi connectivity index (χ4v) is 3.09. The first-order valence-electron chi connectivity index (χ1n) is 6.70. The Labute approximate surface area is 122 Å². The fraction of sp³-hybridized carbons (Fsp3) is 0.400. The number of fused-ring (bicyclic) bond motifs is 1. The van der Waals surface area contributed by atoms with Gasteiger partial charge in [0.05, 0.1) is 5.69 Å². The van der Waals surface area contributed by atoms with Gasteiger partial charge in [-0.05, 0) is 31.4 Å². The number of aliphatic hydroxyl groups is 1. The minimum Gasteiger partial charge on any atom is -0.397 e. The summed E-state index contributed by atoms with van der Waals surface area (Å²) in [6, 6.07) is 6.02. The smallest absolute Gasteiger partial charge is 0.263 e. The molecule has 108 valence electrons. The Kier molecular flexibility index (Phi) is 4.62. The summed E-state index contributed by atoms with van der Waals surface area (Å²) < 4.78 is 1.03. The molecule has 0 aliphatic carbocycles. The molecular formula is C15H20N2O2S. The number of aliphatic hydroxyl groups excluding tert-OH is 1. The minimum absolute atomic E-state index is 0.133. The number of nitrogens with two attached hydrogens (primary N) is 1. The normalized spacial score (nSPS) is 12.6. The molecule has 2 aromatic rings. The van der Waals surface area contributed by atoms with E-state index in [1.165, 1.54) is 11.3 Å². The molecule has 0 aliphatic heterocycles. The molecule has 0 saturated heterocycles. The molecular weight excluding hydrogens is 272 g/mol. The van der Waals surface area contributed by atoms with Crippen LogP contribution in [0.25, 0.3) is 10.1 Å². The van der Waals surface area contributed by atoms with E-state index in [1.54, 1.807) is 0 Å². The van der Waals surface area contributed by atoms with Crippen molar-refractivity contribution in [3.05, 3.63) is 28.6 Å². The third-order valence-electron chi connectivity index (χ3n) is 3.32. The van der Waals surface area contributed by atoms with E-state index < -0.39 is 0 Å². The molecule has 4 nitrogen and oxygen atoms in total. The first-order valence-corrected chi connectivity index (χ1v) is 7.52. The van der Waals surface area contributed by atoms with Gasteiger partial charge in [-0.3, -0.25) is 4.79 Å². The average molecular weight is 292 g/mol. The third kappa shape index (κ3) is 3.11. The van der Waals surface area contributed by atoms with Gasteiger partial charge in [-0.25, -0.2) is 0 Å². The van der Waals surface area contributed by atoms with E-state index in [4.69, 9.17) is 10.8 Å². The summed E-state index contributed by atoms with van der Waals surface area (Å²) >= 11 is 1.42. The number of nitrogen functional groups attached to an aromatic ring is 1. The molecule has 0 spiro atoms. The number of thiophene rings is 1. The number of carbonyl (C=O) groups excluding carboxylic acids is 1.